The smallest absolute Gasteiger partial charge is 0.329 e. The van der Waals surface area contributed by atoms with Gasteiger partial charge in [0.15, 0.2) is 0 Å². The van der Waals surface area contributed by atoms with E-state index in [-0.39, 0.29) is 12.1 Å². The Morgan fingerprint density at radius 1 is 0.806 bits per heavy atom. The number of amides is 1. The van der Waals surface area contributed by atoms with Gasteiger partial charge in [0.1, 0.15) is 6.04 Å². The van der Waals surface area contributed by atoms with Crippen LogP contribution in [-0.4, -0.2) is 43.0 Å². The Balaban J connectivity index is 2.02. The first-order valence-corrected chi connectivity index (χ1v) is 11.1. The van der Waals surface area contributed by atoms with E-state index in [1.165, 1.54) is 38.5 Å². The molecule has 2 atom stereocenters. The molecule has 0 saturated heterocycles. The first kappa shape index (κ1) is 26.1. The Morgan fingerprint density at radius 3 is 1.78 bits per heavy atom. The van der Waals surface area contributed by atoms with E-state index in [0.29, 0.717) is 16.7 Å². The first-order chi connectivity index (χ1) is 17.3. The molecule has 0 aliphatic heterocycles. The summed E-state index contributed by atoms with van der Waals surface area (Å²) in [6.07, 6.45) is -0.268. The molecule has 0 spiro atoms. The van der Waals surface area contributed by atoms with Crippen LogP contribution in [0, 0.1) is 10.1 Å². The Hall–Kier alpha value is -4.53. The lowest BCUT2D eigenvalue weighted by Gasteiger charge is -2.28. The average Bonchev–Trinajstić information content (AvgIpc) is 2.91. The number of nitro benzene ring substituents is 1. The molecule has 186 valence electrons. The number of carbonyl (C=O) groups excluding carboxylic acids is 3. The number of nitro groups is 1. The first-order valence-electron chi connectivity index (χ1n) is 11.1. The van der Waals surface area contributed by atoms with Gasteiger partial charge in [-0.25, -0.2) is 4.79 Å². The van der Waals surface area contributed by atoms with Gasteiger partial charge in [0.2, 0.25) is 5.91 Å². The Kier molecular flexibility index (Phi) is 8.88. The second-order valence-corrected chi connectivity index (χ2v) is 8.00. The molecule has 9 heteroatoms. The van der Waals surface area contributed by atoms with Crippen molar-refractivity contribution in [1.29, 1.82) is 0 Å². The summed E-state index contributed by atoms with van der Waals surface area (Å²) < 4.78 is 9.78. The van der Waals surface area contributed by atoms with Crippen molar-refractivity contribution in [3.8, 4) is 0 Å². The van der Waals surface area contributed by atoms with Gasteiger partial charge in [-0.3, -0.25) is 19.7 Å². The number of nitrogens with zero attached hydrogens (tertiary/aromatic N) is 1. The Bertz CT molecular complexity index is 1160. The number of carbonyl (C=O) groups is 3. The molecule has 3 rings (SSSR count). The molecule has 1 N–H and O–H groups in total. The lowest BCUT2D eigenvalue weighted by Crippen LogP contribution is -2.48. The normalized spacial score (nSPS) is 12.3. The van der Waals surface area contributed by atoms with Crippen LogP contribution < -0.4 is 5.32 Å². The molecule has 0 heterocycles. The third-order valence-corrected chi connectivity index (χ3v) is 5.83. The van der Waals surface area contributed by atoms with Crippen LogP contribution in [0.5, 0.6) is 0 Å². The maximum atomic E-state index is 13.7. The van der Waals surface area contributed by atoms with Crippen molar-refractivity contribution in [2.45, 2.75) is 24.3 Å². The molecule has 9 nitrogen and oxygen atoms in total. The summed E-state index contributed by atoms with van der Waals surface area (Å²) >= 11 is 0. The number of ether oxygens (including phenoxy) is 2. The van der Waals surface area contributed by atoms with Crippen LogP contribution in [0.1, 0.15) is 34.9 Å². The zero-order chi connectivity index (χ0) is 26.1. The molecule has 0 bridgehead atoms. The highest BCUT2D eigenvalue weighted by atomic mass is 16.6. The molecular formula is C27H26N2O7. The molecule has 0 aromatic heterocycles. The minimum atomic E-state index is -1.27. The third-order valence-electron chi connectivity index (χ3n) is 5.83. The van der Waals surface area contributed by atoms with E-state index in [1.807, 2.05) is 60.7 Å². The molecule has 36 heavy (non-hydrogen) atoms. The number of esters is 2. The van der Waals surface area contributed by atoms with Gasteiger partial charge in [-0.2, -0.15) is 0 Å². The third kappa shape index (κ3) is 6.32. The molecule has 3 aromatic carbocycles. The minimum absolute atomic E-state index is 0.151. The summed E-state index contributed by atoms with van der Waals surface area (Å²) in [5.74, 6) is -3.50. The van der Waals surface area contributed by atoms with E-state index >= 15 is 0 Å². The molecule has 1 amide bonds. The van der Waals surface area contributed by atoms with Gasteiger partial charge in [0.25, 0.3) is 5.69 Å². The molecule has 0 unspecified atom stereocenters. The largest absolute Gasteiger partial charge is 0.469 e. The molecule has 0 saturated carbocycles. The van der Waals surface area contributed by atoms with Crippen LogP contribution in [-0.2, 0) is 23.9 Å². The number of hydrogen-bond donors (Lipinski definition) is 1. The van der Waals surface area contributed by atoms with E-state index in [0.717, 1.165) is 0 Å². The van der Waals surface area contributed by atoms with Gasteiger partial charge in [-0.05, 0) is 16.7 Å². The predicted octanol–water partition coefficient (Wildman–Crippen LogP) is 3.73. The predicted molar refractivity (Wildman–Crippen MR) is 131 cm³/mol. The second kappa shape index (κ2) is 12.3. The van der Waals surface area contributed by atoms with Crippen LogP contribution in [0.25, 0.3) is 0 Å². The van der Waals surface area contributed by atoms with Crippen LogP contribution in [0.3, 0.4) is 0 Å². The van der Waals surface area contributed by atoms with Crippen molar-refractivity contribution < 1.29 is 28.8 Å². The number of non-ortho nitro benzene ring substituents is 1. The topological polar surface area (TPSA) is 125 Å². The standard InChI is InChI=1S/C27H26N2O7/c1-35-23(30)17-22(18-13-15-21(16-14-18)29(33)34)25(27(32)36-2)28-26(31)24(19-9-5-3-6-10-19)20-11-7-4-8-12-20/h3-16,22,24-25H,17H2,1-2H3,(H,28,31)/t22-,25-/m0/s1. The fourth-order valence-corrected chi connectivity index (χ4v) is 4.01. The van der Waals surface area contributed by atoms with Gasteiger partial charge in [0, 0.05) is 18.1 Å². The van der Waals surface area contributed by atoms with Gasteiger partial charge in [-0.15, -0.1) is 0 Å². The SMILES string of the molecule is COC(=O)C[C@@H](c1ccc([N+](=O)[O-])cc1)[C@H](NC(=O)C(c1ccccc1)c1ccccc1)C(=O)OC. The highest BCUT2D eigenvalue weighted by Crippen LogP contribution is 2.30. The van der Waals surface area contributed by atoms with E-state index in [4.69, 9.17) is 9.47 Å². The molecular weight excluding hydrogens is 464 g/mol. The van der Waals surface area contributed by atoms with Crippen molar-refractivity contribution in [3.63, 3.8) is 0 Å². The van der Waals surface area contributed by atoms with E-state index in [1.54, 1.807) is 0 Å². The van der Waals surface area contributed by atoms with Gasteiger partial charge >= 0.3 is 11.9 Å². The maximum absolute atomic E-state index is 13.7. The fraction of sp³-hybridized carbons (Fsp3) is 0.222. The maximum Gasteiger partial charge on any atom is 0.329 e. The molecule has 0 aliphatic carbocycles. The average molecular weight is 491 g/mol. The monoisotopic (exact) mass is 490 g/mol. The second-order valence-electron chi connectivity index (χ2n) is 8.00. The van der Waals surface area contributed by atoms with Crippen molar-refractivity contribution in [2.24, 2.45) is 0 Å². The summed E-state index contributed by atoms with van der Waals surface area (Å²) in [4.78, 5) is 49.4. The zero-order valence-electron chi connectivity index (χ0n) is 19.8. The highest BCUT2D eigenvalue weighted by Gasteiger charge is 2.36. The highest BCUT2D eigenvalue weighted by molar-refractivity contribution is 5.92. The van der Waals surface area contributed by atoms with Gasteiger partial charge < -0.3 is 14.8 Å². The van der Waals surface area contributed by atoms with Crippen molar-refractivity contribution in [3.05, 3.63) is 112 Å². The van der Waals surface area contributed by atoms with Crippen LogP contribution in [0.15, 0.2) is 84.9 Å². The molecule has 0 aliphatic rings. The fourth-order valence-electron chi connectivity index (χ4n) is 4.01. The van der Waals surface area contributed by atoms with Crippen LogP contribution in [0.4, 0.5) is 5.69 Å². The molecule has 0 fully saturated rings. The molecule has 3 aromatic rings. The summed E-state index contributed by atoms with van der Waals surface area (Å²) in [6.45, 7) is 0. The summed E-state index contributed by atoms with van der Waals surface area (Å²) in [5, 5.41) is 13.9. The number of rotatable bonds is 10. The van der Waals surface area contributed by atoms with Crippen LogP contribution >= 0.6 is 0 Å². The van der Waals surface area contributed by atoms with Crippen molar-refractivity contribution in [1.82, 2.24) is 5.32 Å². The van der Waals surface area contributed by atoms with Crippen LogP contribution in [0.2, 0.25) is 0 Å². The summed E-state index contributed by atoms with van der Waals surface area (Å²) in [5.41, 5.74) is 1.70. The number of hydrogen-bond acceptors (Lipinski definition) is 7. The van der Waals surface area contributed by atoms with Gasteiger partial charge in [-0.1, -0.05) is 72.8 Å². The zero-order valence-corrected chi connectivity index (χ0v) is 19.8. The Morgan fingerprint density at radius 2 is 1.33 bits per heavy atom. The lowest BCUT2D eigenvalue weighted by molar-refractivity contribution is -0.384. The summed E-state index contributed by atoms with van der Waals surface area (Å²) in [7, 11) is 2.39. The quantitative estimate of drug-likeness (QED) is 0.261. The van der Waals surface area contributed by atoms with Crippen molar-refractivity contribution >= 4 is 23.5 Å². The van der Waals surface area contributed by atoms with E-state index in [2.05, 4.69) is 5.32 Å². The van der Waals surface area contributed by atoms with Crippen molar-refractivity contribution in [2.75, 3.05) is 14.2 Å². The van der Waals surface area contributed by atoms with Gasteiger partial charge in [0.05, 0.1) is 31.5 Å². The van der Waals surface area contributed by atoms with E-state index < -0.39 is 40.6 Å². The number of nitrogens with one attached hydrogen (secondary N) is 1. The number of benzene rings is 3. The Labute approximate surface area is 208 Å². The summed E-state index contributed by atoms with van der Waals surface area (Å²) in [6, 6.07) is 22.3. The molecule has 0 radical (unpaired) electrons. The lowest BCUT2D eigenvalue weighted by atomic mass is 9.86. The number of methoxy groups -OCH3 is 2. The minimum Gasteiger partial charge on any atom is -0.469 e. The van der Waals surface area contributed by atoms with E-state index in [9.17, 15) is 24.5 Å².